The van der Waals surface area contributed by atoms with Gasteiger partial charge >= 0.3 is 6.03 Å². The van der Waals surface area contributed by atoms with Crippen molar-refractivity contribution in [3.8, 4) is 0 Å². The second-order valence-electron chi connectivity index (χ2n) is 7.50. The number of carbonyl (C=O) groups is 3. The molecule has 0 aliphatic carbocycles. The van der Waals surface area contributed by atoms with Crippen molar-refractivity contribution in [1.29, 1.82) is 0 Å². The van der Waals surface area contributed by atoms with Crippen LogP contribution >= 0.6 is 0 Å². The fourth-order valence-corrected chi connectivity index (χ4v) is 3.87. The van der Waals surface area contributed by atoms with Crippen LogP contribution in [0.4, 0.5) is 4.79 Å². The van der Waals surface area contributed by atoms with Crippen LogP contribution in [-0.2, 0) is 9.59 Å². The summed E-state index contributed by atoms with van der Waals surface area (Å²) in [5, 5.41) is 2.55. The van der Waals surface area contributed by atoms with Crippen LogP contribution in [0.2, 0.25) is 0 Å². The molecule has 0 aromatic heterocycles. The van der Waals surface area contributed by atoms with Gasteiger partial charge < -0.3 is 20.9 Å². The number of nitrogens with two attached hydrogens (primary N) is 1. The van der Waals surface area contributed by atoms with Crippen LogP contribution < -0.4 is 11.1 Å². The van der Waals surface area contributed by atoms with Gasteiger partial charge in [0.2, 0.25) is 11.8 Å². The number of nitrogens with zero attached hydrogens (tertiary/aromatic N) is 2. The second kappa shape index (κ2) is 11.0. The number of amides is 4. The van der Waals surface area contributed by atoms with E-state index in [0.717, 1.165) is 58.0 Å². The number of hydrogen-bond donors (Lipinski definition) is 2. The van der Waals surface area contributed by atoms with E-state index in [0.29, 0.717) is 32.0 Å². The maximum absolute atomic E-state index is 12.7. The SMILES string of the molecule is NC(=O)NCCCCCC(=O)N1CCC(C(=O)N2CCCCCC2)CC1. The molecule has 2 rings (SSSR count). The number of nitrogens with one attached hydrogen (secondary N) is 1. The van der Waals surface area contributed by atoms with Gasteiger partial charge in [0.05, 0.1) is 0 Å². The summed E-state index contributed by atoms with van der Waals surface area (Å²) in [5.74, 6) is 0.589. The third-order valence-electron chi connectivity index (χ3n) is 5.48. The lowest BCUT2D eigenvalue weighted by molar-refractivity contribution is -0.140. The van der Waals surface area contributed by atoms with E-state index in [1.54, 1.807) is 0 Å². The Morgan fingerprint density at radius 1 is 0.846 bits per heavy atom. The summed E-state index contributed by atoms with van der Waals surface area (Å²) in [6, 6.07) is -0.501. The average molecular weight is 367 g/mol. The van der Waals surface area contributed by atoms with Gasteiger partial charge in [0.15, 0.2) is 0 Å². The van der Waals surface area contributed by atoms with Gasteiger partial charge in [0.1, 0.15) is 0 Å². The average Bonchev–Trinajstić information content (AvgIpc) is 2.93. The molecule has 26 heavy (non-hydrogen) atoms. The Bertz CT molecular complexity index is 467. The fraction of sp³-hybridized carbons (Fsp3) is 0.842. The van der Waals surface area contributed by atoms with E-state index in [4.69, 9.17) is 5.73 Å². The molecule has 7 nitrogen and oxygen atoms in total. The van der Waals surface area contributed by atoms with Gasteiger partial charge in [0, 0.05) is 45.1 Å². The molecule has 0 radical (unpaired) electrons. The number of piperidine rings is 1. The molecular formula is C19H34N4O3. The largest absolute Gasteiger partial charge is 0.352 e. The third-order valence-corrected chi connectivity index (χ3v) is 5.48. The van der Waals surface area contributed by atoms with Crippen LogP contribution in [0.5, 0.6) is 0 Å². The molecule has 2 aliphatic rings. The molecule has 2 heterocycles. The van der Waals surface area contributed by atoms with Crippen molar-refractivity contribution in [1.82, 2.24) is 15.1 Å². The van der Waals surface area contributed by atoms with Gasteiger partial charge in [-0.2, -0.15) is 0 Å². The summed E-state index contributed by atoms with van der Waals surface area (Å²) in [6.45, 7) is 3.78. The van der Waals surface area contributed by atoms with Gasteiger partial charge in [-0.25, -0.2) is 4.79 Å². The molecular weight excluding hydrogens is 332 g/mol. The molecule has 0 aromatic rings. The first kappa shape index (κ1) is 20.5. The molecule has 2 fully saturated rings. The third kappa shape index (κ3) is 6.84. The Balaban J connectivity index is 1.61. The summed E-state index contributed by atoms with van der Waals surface area (Å²) < 4.78 is 0. The molecule has 2 aliphatic heterocycles. The van der Waals surface area contributed by atoms with Gasteiger partial charge in [-0.3, -0.25) is 9.59 Å². The van der Waals surface area contributed by atoms with Crippen molar-refractivity contribution < 1.29 is 14.4 Å². The predicted molar refractivity (Wildman–Crippen MR) is 100 cm³/mol. The van der Waals surface area contributed by atoms with Crippen molar-refractivity contribution in [3.63, 3.8) is 0 Å². The van der Waals surface area contributed by atoms with Crippen LogP contribution in [0.25, 0.3) is 0 Å². The molecule has 3 N–H and O–H groups in total. The molecule has 0 unspecified atom stereocenters. The highest BCUT2D eigenvalue weighted by atomic mass is 16.2. The topological polar surface area (TPSA) is 95.7 Å². The van der Waals surface area contributed by atoms with E-state index in [1.165, 1.54) is 12.8 Å². The van der Waals surface area contributed by atoms with Crippen LogP contribution in [0.3, 0.4) is 0 Å². The van der Waals surface area contributed by atoms with Crippen LogP contribution in [0, 0.1) is 5.92 Å². The molecule has 0 saturated carbocycles. The van der Waals surface area contributed by atoms with Gasteiger partial charge in [-0.05, 0) is 38.5 Å². The number of unbranched alkanes of at least 4 members (excludes halogenated alkanes) is 2. The monoisotopic (exact) mass is 366 g/mol. The number of primary amides is 1. The van der Waals surface area contributed by atoms with E-state index in [2.05, 4.69) is 10.2 Å². The normalized spacial score (nSPS) is 19.1. The van der Waals surface area contributed by atoms with Crippen molar-refractivity contribution in [2.24, 2.45) is 11.7 Å². The minimum Gasteiger partial charge on any atom is -0.352 e. The first-order chi connectivity index (χ1) is 12.6. The Morgan fingerprint density at radius 2 is 1.50 bits per heavy atom. The first-order valence-electron chi connectivity index (χ1n) is 10.2. The van der Waals surface area contributed by atoms with Gasteiger partial charge in [-0.1, -0.05) is 19.3 Å². The zero-order valence-electron chi connectivity index (χ0n) is 15.9. The summed E-state index contributed by atoms with van der Waals surface area (Å²) in [7, 11) is 0. The van der Waals surface area contributed by atoms with E-state index in [1.807, 2.05) is 4.90 Å². The van der Waals surface area contributed by atoms with E-state index in [-0.39, 0.29) is 11.8 Å². The van der Waals surface area contributed by atoms with Crippen LogP contribution in [0.1, 0.15) is 64.2 Å². The Kier molecular flexibility index (Phi) is 8.71. The van der Waals surface area contributed by atoms with Crippen LogP contribution in [-0.4, -0.2) is 60.4 Å². The van der Waals surface area contributed by atoms with Crippen molar-refractivity contribution in [2.75, 3.05) is 32.7 Å². The highest BCUT2D eigenvalue weighted by Crippen LogP contribution is 2.22. The lowest BCUT2D eigenvalue weighted by atomic mass is 9.94. The standard InChI is InChI=1S/C19H34N4O3/c20-19(26)21-11-5-3-4-8-17(24)22-14-9-16(10-15-22)18(25)23-12-6-1-2-7-13-23/h16H,1-15H2,(H3,20,21,26). The molecule has 0 aromatic carbocycles. The minimum absolute atomic E-state index is 0.0945. The summed E-state index contributed by atoms with van der Waals surface area (Å²) in [5.41, 5.74) is 5.00. The quantitative estimate of drug-likeness (QED) is 0.673. The number of urea groups is 1. The summed E-state index contributed by atoms with van der Waals surface area (Å²) in [6.07, 6.45) is 9.40. The maximum Gasteiger partial charge on any atom is 0.312 e. The Morgan fingerprint density at radius 3 is 2.12 bits per heavy atom. The number of carbonyl (C=O) groups excluding carboxylic acids is 3. The zero-order chi connectivity index (χ0) is 18.8. The Labute approximate surface area is 156 Å². The summed E-state index contributed by atoms with van der Waals surface area (Å²) >= 11 is 0. The zero-order valence-corrected chi connectivity index (χ0v) is 15.9. The molecule has 0 bridgehead atoms. The molecule has 7 heteroatoms. The van der Waals surface area contributed by atoms with Gasteiger partial charge in [0.25, 0.3) is 0 Å². The van der Waals surface area contributed by atoms with E-state index < -0.39 is 6.03 Å². The lowest BCUT2D eigenvalue weighted by Gasteiger charge is -2.34. The van der Waals surface area contributed by atoms with E-state index >= 15 is 0 Å². The molecule has 148 valence electrons. The van der Waals surface area contributed by atoms with Crippen molar-refractivity contribution in [2.45, 2.75) is 64.2 Å². The predicted octanol–water partition coefficient (Wildman–Crippen LogP) is 1.86. The van der Waals surface area contributed by atoms with E-state index in [9.17, 15) is 14.4 Å². The molecule has 2 saturated heterocycles. The number of hydrogen-bond acceptors (Lipinski definition) is 3. The molecule has 0 spiro atoms. The van der Waals surface area contributed by atoms with Gasteiger partial charge in [-0.15, -0.1) is 0 Å². The lowest BCUT2D eigenvalue weighted by Crippen LogP contribution is -2.44. The number of rotatable bonds is 7. The maximum atomic E-state index is 12.7. The highest BCUT2D eigenvalue weighted by molar-refractivity contribution is 5.80. The van der Waals surface area contributed by atoms with Crippen molar-refractivity contribution in [3.05, 3.63) is 0 Å². The second-order valence-corrected chi connectivity index (χ2v) is 7.50. The fourth-order valence-electron chi connectivity index (χ4n) is 3.87. The smallest absolute Gasteiger partial charge is 0.312 e. The number of likely N-dealkylation sites (tertiary alicyclic amines) is 2. The molecule has 0 atom stereocenters. The van der Waals surface area contributed by atoms with Crippen LogP contribution in [0.15, 0.2) is 0 Å². The summed E-state index contributed by atoms with van der Waals surface area (Å²) in [4.78, 5) is 39.5. The molecule has 4 amide bonds. The first-order valence-corrected chi connectivity index (χ1v) is 10.2. The minimum atomic E-state index is -0.501. The highest BCUT2D eigenvalue weighted by Gasteiger charge is 2.30. The van der Waals surface area contributed by atoms with Crippen molar-refractivity contribution >= 4 is 17.8 Å². The Hall–Kier alpha value is -1.79.